The average Bonchev–Trinajstić information content (AvgIpc) is 3.60. The van der Waals surface area contributed by atoms with Crippen molar-refractivity contribution in [1.82, 2.24) is 10.3 Å². The number of hydrogen-bond acceptors (Lipinski definition) is 6. The number of para-hydroxylation sites is 1. The van der Waals surface area contributed by atoms with Gasteiger partial charge < -0.3 is 19.4 Å². The zero-order chi connectivity index (χ0) is 27.6. The van der Waals surface area contributed by atoms with Crippen LogP contribution in [-0.4, -0.2) is 15.0 Å². The largest absolute Gasteiger partial charge is 0.459 e. The minimum absolute atomic E-state index is 0.0224. The molecule has 6 rings (SSSR count). The molecule has 0 bridgehead atoms. The van der Waals surface area contributed by atoms with Gasteiger partial charge in [-0.1, -0.05) is 35.9 Å². The van der Waals surface area contributed by atoms with Crippen LogP contribution in [0.5, 0.6) is 11.5 Å². The van der Waals surface area contributed by atoms with E-state index in [0.717, 1.165) is 22.7 Å². The van der Waals surface area contributed by atoms with Crippen molar-refractivity contribution < 1.29 is 14.1 Å². The standard InChI is InChI=1S/C31H24N4O4S/c1-20-9-13-22(14-10-20)38-23-15-11-21(12-16-23)34-30(29(33-31(34)40)25-7-4-5-19-32-25)28-18-17-27(39-28)24-6-2-3-8-26(24)35(36)37/h2-19,29-30H,1H3,(H,33,40)/t29-,30-/m1/s1. The van der Waals surface area contributed by atoms with Crippen LogP contribution in [0.1, 0.15) is 29.1 Å². The average molecular weight is 549 g/mol. The number of thiocarbonyl (C=S) groups is 1. The van der Waals surface area contributed by atoms with Crippen molar-refractivity contribution >= 4 is 28.7 Å². The number of anilines is 1. The van der Waals surface area contributed by atoms with Crippen LogP contribution >= 0.6 is 12.2 Å². The zero-order valence-electron chi connectivity index (χ0n) is 21.4. The molecule has 1 N–H and O–H groups in total. The van der Waals surface area contributed by atoms with Gasteiger partial charge in [-0.15, -0.1) is 0 Å². The van der Waals surface area contributed by atoms with E-state index in [1.165, 1.54) is 6.07 Å². The molecule has 0 radical (unpaired) electrons. The second-order valence-electron chi connectivity index (χ2n) is 9.38. The maximum atomic E-state index is 11.6. The SMILES string of the molecule is Cc1ccc(Oc2ccc(N3C(=S)N[C@H](c4ccccn4)[C@H]3c3ccc(-c4ccccc4[N+](=O)[O-])o3)cc2)cc1. The summed E-state index contributed by atoms with van der Waals surface area (Å²) in [5.74, 6) is 2.45. The molecule has 8 nitrogen and oxygen atoms in total. The van der Waals surface area contributed by atoms with Gasteiger partial charge in [0.1, 0.15) is 29.1 Å². The highest BCUT2D eigenvalue weighted by Crippen LogP contribution is 2.44. The molecule has 1 aliphatic heterocycles. The number of aryl methyl sites for hydroxylation is 1. The van der Waals surface area contributed by atoms with E-state index in [1.54, 1.807) is 30.5 Å². The number of nitrogens with zero attached hydrogens (tertiary/aromatic N) is 3. The maximum absolute atomic E-state index is 11.6. The Morgan fingerprint density at radius 3 is 2.33 bits per heavy atom. The number of aromatic nitrogens is 1. The Bertz CT molecular complexity index is 1670. The third-order valence-corrected chi connectivity index (χ3v) is 7.07. The molecule has 1 fully saturated rings. The minimum Gasteiger partial charge on any atom is -0.459 e. The molecule has 0 spiro atoms. The first-order valence-electron chi connectivity index (χ1n) is 12.7. The summed E-state index contributed by atoms with van der Waals surface area (Å²) in [6, 6.07) is 30.7. The van der Waals surface area contributed by atoms with Crippen molar-refractivity contribution in [3.8, 4) is 22.8 Å². The highest BCUT2D eigenvalue weighted by atomic mass is 32.1. The molecule has 2 aromatic heterocycles. The van der Waals surface area contributed by atoms with E-state index in [2.05, 4.69) is 10.3 Å². The number of nitro groups is 1. The predicted octanol–water partition coefficient (Wildman–Crippen LogP) is 7.53. The van der Waals surface area contributed by atoms with Crippen LogP contribution in [0, 0.1) is 17.0 Å². The van der Waals surface area contributed by atoms with Crippen LogP contribution in [0.15, 0.2) is 114 Å². The summed E-state index contributed by atoms with van der Waals surface area (Å²) in [7, 11) is 0. The lowest BCUT2D eigenvalue weighted by molar-refractivity contribution is -0.384. The molecule has 1 aliphatic rings. The van der Waals surface area contributed by atoms with Gasteiger partial charge in [0.2, 0.25) is 0 Å². The van der Waals surface area contributed by atoms with E-state index in [4.69, 9.17) is 21.4 Å². The van der Waals surface area contributed by atoms with E-state index < -0.39 is 11.0 Å². The lowest BCUT2D eigenvalue weighted by Crippen LogP contribution is -2.29. The summed E-state index contributed by atoms with van der Waals surface area (Å²) in [4.78, 5) is 17.8. The second kappa shape index (κ2) is 10.6. The number of hydrogen-bond donors (Lipinski definition) is 1. The van der Waals surface area contributed by atoms with Crippen LogP contribution in [0.25, 0.3) is 11.3 Å². The third-order valence-electron chi connectivity index (χ3n) is 6.75. The van der Waals surface area contributed by atoms with E-state index in [1.807, 2.05) is 84.6 Å². The third kappa shape index (κ3) is 4.90. The molecule has 5 aromatic rings. The summed E-state index contributed by atoms with van der Waals surface area (Å²) >= 11 is 5.81. The molecule has 0 aliphatic carbocycles. The fraction of sp³-hybridized carbons (Fsp3) is 0.0968. The van der Waals surface area contributed by atoms with Crippen molar-refractivity contribution in [3.05, 3.63) is 136 Å². The van der Waals surface area contributed by atoms with Crippen LogP contribution in [0.4, 0.5) is 11.4 Å². The normalized spacial score (nSPS) is 16.5. The molecule has 2 atom stereocenters. The predicted molar refractivity (Wildman–Crippen MR) is 156 cm³/mol. The number of ether oxygens (including phenoxy) is 1. The maximum Gasteiger partial charge on any atom is 0.280 e. The molecule has 198 valence electrons. The summed E-state index contributed by atoms with van der Waals surface area (Å²) in [6.45, 7) is 2.03. The molecule has 3 heterocycles. The first-order valence-corrected chi connectivity index (χ1v) is 13.1. The highest BCUT2D eigenvalue weighted by molar-refractivity contribution is 7.80. The van der Waals surface area contributed by atoms with Gasteiger partial charge in [-0.2, -0.15) is 0 Å². The lowest BCUT2D eigenvalue weighted by Gasteiger charge is -2.26. The summed E-state index contributed by atoms with van der Waals surface area (Å²) in [6.07, 6.45) is 1.73. The van der Waals surface area contributed by atoms with E-state index in [0.29, 0.717) is 27.9 Å². The monoisotopic (exact) mass is 548 g/mol. The minimum atomic E-state index is -0.410. The van der Waals surface area contributed by atoms with Crippen molar-refractivity contribution in [1.29, 1.82) is 0 Å². The molecule has 0 unspecified atom stereocenters. The Kier molecular flexibility index (Phi) is 6.71. The van der Waals surface area contributed by atoms with Crippen LogP contribution in [0.2, 0.25) is 0 Å². The van der Waals surface area contributed by atoms with Gasteiger partial charge in [0.25, 0.3) is 5.69 Å². The lowest BCUT2D eigenvalue weighted by atomic mass is 10.0. The van der Waals surface area contributed by atoms with Crippen molar-refractivity contribution in [2.75, 3.05) is 4.90 Å². The Hall–Kier alpha value is -5.02. The number of nitrogens with one attached hydrogen (secondary N) is 1. The van der Waals surface area contributed by atoms with E-state index >= 15 is 0 Å². The first kappa shape index (κ1) is 25.3. The Balaban J connectivity index is 1.36. The number of benzene rings is 3. The fourth-order valence-corrected chi connectivity index (χ4v) is 5.18. The Morgan fingerprint density at radius 2 is 1.62 bits per heavy atom. The number of rotatable bonds is 7. The second-order valence-corrected chi connectivity index (χ2v) is 9.77. The molecule has 40 heavy (non-hydrogen) atoms. The van der Waals surface area contributed by atoms with E-state index in [9.17, 15) is 10.1 Å². The highest BCUT2D eigenvalue weighted by Gasteiger charge is 2.42. The molecular weight excluding hydrogens is 524 g/mol. The molecule has 1 saturated heterocycles. The van der Waals surface area contributed by atoms with Crippen molar-refractivity contribution in [2.45, 2.75) is 19.0 Å². The van der Waals surface area contributed by atoms with Crippen molar-refractivity contribution in [3.63, 3.8) is 0 Å². The fourth-order valence-electron chi connectivity index (χ4n) is 4.84. The first-order chi connectivity index (χ1) is 19.5. The molecular formula is C31H24N4O4S. The summed E-state index contributed by atoms with van der Waals surface area (Å²) < 4.78 is 12.3. The van der Waals surface area contributed by atoms with Gasteiger partial charge in [0.15, 0.2) is 5.11 Å². The molecule has 9 heteroatoms. The number of pyridine rings is 1. The smallest absolute Gasteiger partial charge is 0.280 e. The molecule has 3 aromatic carbocycles. The van der Waals surface area contributed by atoms with Gasteiger partial charge in [0.05, 0.1) is 22.2 Å². The Morgan fingerprint density at radius 1 is 0.925 bits per heavy atom. The number of furan rings is 1. The van der Waals surface area contributed by atoms with E-state index in [-0.39, 0.29) is 11.7 Å². The topological polar surface area (TPSA) is 93.7 Å². The van der Waals surface area contributed by atoms with Gasteiger partial charge in [-0.25, -0.2) is 0 Å². The van der Waals surface area contributed by atoms with Crippen LogP contribution in [-0.2, 0) is 0 Å². The van der Waals surface area contributed by atoms with Gasteiger partial charge in [-0.3, -0.25) is 15.1 Å². The zero-order valence-corrected chi connectivity index (χ0v) is 22.2. The van der Waals surface area contributed by atoms with Crippen LogP contribution < -0.4 is 15.0 Å². The molecule has 0 amide bonds. The molecule has 0 saturated carbocycles. The quantitative estimate of drug-likeness (QED) is 0.127. The number of nitro benzene ring substituents is 1. The van der Waals surface area contributed by atoms with Crippen molar-refractivity contribution in [2.24, 2.45) is 0 Å². The van der Waals surface area contributed by atoms with Gasteiger partial charge in [-0.05, 0) is 85.9 Å². The van der Waals surface area contributed by atoms with Crippen LogP contribution in [0.3, 0.4) is 0 Å². The Labute approximate surface area is 236 Å². The summed E-state index contributed by atoms with van der Waals surface area (Å²) in [5.41, 5.74) is 3.17. The summed E-state index contributed by atoms with van der Waals surface area (Å²) in [5, 5.41) is 15.6. The van der Waals surface area contributed by atoms with Gasteiger partial charge in [0, 0.05) is 18.0 Å². The van der Waals surface area contributed by atoms with Gasteiger partial charge >= 0.3 is 0 Å².